The largest absolute Gasteiger partial charge is 0.394 e. The van der Waals surface area contributed by atoms with Crippen molar-refractivity contribution in [1.82, 2.24) is 14.5 Å². The second kappa shape index (κ2) is 7.29. The van der Waals surface area contributed by atoms with Gasteiger partial charge in [-0.1, -0.05) is 50.6 Å². The van der Waals surface area contributed by atoms with Gasteiger partial charge in [0.05, 0.1) is 12.6 Å². The van der Waals surface area contributed by atoms with Gasteiger partial charge in [-0.2, -0.15) is 4.98 Å². The van der Waals surface area contributed by atoms with Crippen molar-refractivity contribution < 1.29 is 5.11 Å². The van der Waals surface area contributed by atoms with E-state index in [1.807, 2.05) is 39.0 Å². The molecule has 2 heterocycles. The van der Waals surface area contributed by atoms with Crippen LogP contribution in [0.25, 0.3) is 22.2 Å². The first-order valence-electron chi connectivity index (χ1n) is 8.71. The summed E-state index contributed by atoms with van der Waals surface area (Å²) in [6, 6.07) is 8.79. The molecule has 0 aliphatic carbocycles. The Morgan fingerprint density at radius 3 is 2.59 bits per heavy atom. The predicted molar refractivity (Wildman–Crippen MR) is 109 cm³/mol. The summed E-state index contributed by atoms with van der Waals surface area (Å²) < 4.78 is 1.49. The fourth-order valence-electron chi connectivity index (χ4n) is 2.88. The molecule has 27 heavy (non-hydrogen) atoms. The molecule has 142 valence electrons. The zero-order valence-corrected chi connectivity index (χ0v) is 16.6. The van der Waals surface area contributed by atoms with Crippen LogP contribution in [0.2, 0.25) is 5.02 Å². The number of nitrogens with one attached hydrogen (secondary N) is 1. The van der Waals surface area contributed by atoms with Gasteiger partial charge in [0, 0.05) is 34.8 Å². The molecule has 1 atom stereocenters. The molecular weight excluding hydrogens is 364 g/mol. The number of nitrogens with zero attached hydrogens (tertiary/aromatic N) is 3. The molecule has 1 unspecified atom stereocenters. The first-order valence-corrected chi connectivity index (χ1v) is 9.09. The van der Waals surface area contributed by atoms with Crippen molar-refractivity contribution in [2.24, 2.45) is 12.5 Å². The summed E-state index contributed by atoms with van der Waals surface area (Å²) in [7, 11) is 1.68. The van der Waals surface area contributed by atoms with Crippen LogP contribution in [0.3, 0.4) is 0 Å². The summed E-state index contributed by atoms with van der Waals surface area (Å²) in [5.74, 6) is 0.372. The molecule has 3 aromatic rings. The standard InChI is InChI=1S/C20H23ClN4O2/c1-20(2,3)16(11-26)23-19-22-10-12-9-14(13-7-5-6-8-15(13)21)18(27)25(4)17(12)24-19/h5-10,16,26H,11H2,1-4H3,(H,22,23,24). The van der Waals surface area contributed by atoms with Crippen molar-refractivity contribution in [2.45, 2.75) is 26.8 Å². The second-order valence-electron chi connectivity index (χ2n) is 7.62. The zero-order valence-electron chi connectivity index (χ0n) is 15.8. The minimum atomic E-state index is -0.214. The Balaban J connectivity index is 2.09. The van der Waals surface area contributed by atoms with E-state index in [-0.39, 0.29) is 23.6 Å². The first kappa shape index (κ1) is 19.3. The van der Waals surface area contributed by atoms with Crippen molar-refractivity contribution in [1.29, 1.82) is 0 Å². The van der Waals surface area contributed by atoms with Crippen LogP contribution in [-0.2, 0) is 7.05 Å². The third-order valence-electron chi connectivity index (χ3n) is 4.64. The van der Waals surface area contributed by atoms with Gasteiger partial charge in [0.2, 0.25) is 5.95 Å². The van der Waals surface area contributed by atoms with Crippen LogP contribution in [-0.4, -0.2) is 32.3 Å². The smallest absolute Gasteiger partial charge is 0.259 e. The lowest BCUT2D eigenvalue weighted by Crippen LogP contribution is -2.37. The van der Waals surface area contributed by atoms with E-state index in [0.29, 0.717) is 27.7 Å². The summed E-state index contributed by atoms with van der Waals surface area (Å²) >= 11 is 6.26. The molecule has 0 amide bonds. The highest BCUT2D eigenvalue weighted by Gasteiger charge is 2.24. The molecule has 0 saturated carbocycles. The lowest BCUT2D eigenvalue weighted by atomic mass is 9.87. The number of aliphatic hydroxyl groups is 1. The molecule has 0 radical (unpaired) electrons. The Kier molecular flexibility index (Phi) is 5.22. The molecule has 2 aromatic heterocycles. The van der Waals surface area contributed by atoms with E-state index in [2.05, 4.69) is 15.3 Å². The van der Waals surface area contributed by atoms with Gasteiger partial charge >= 0.3 is 0 Å². The van der Waals surface area contributed by atoms with Crippen LogP contribution >= 0.6 is 11.6 Å². The lowest BCUT2D eigenvalue weighted by Gasteiger charge is -2.29. The summed E-state index contributed by atoms with van der Waals surface area (Å²) in [4.78, 5) is 21.7. The molecule has 6 nitrogen and oxygen atoms in total. The fraction of sp³-hybridized carbons (Fsp3) is 0.350. The Hall–Kier alpha value is -2.44. The van der Waals surface area contributed by atoms with E-state index in [9.17, 15) is 9.90 Å². The van der Waals surface area contributed by atoms with Crippen molar-refractivity contribution >= 4 is 28.6 Å². The topological polar surface area (TPSA) is 80.0 Å². The molecular formula is C20H23ClN4O2. The quantitative estimate of drug-likeness (QED) is 0.717. The summed E-state index contributed by atoms with van der Waals surface area (Å²) in [5.41, 5.74) is 1.33. The Morgan fingerprint density at radius 2 is 1.96 bits per heavy atom. The predicted octanol–water partition coefficient (Wildman–Crippen LogP) is 3.47. The highest BCUT2D eigenvalue weighted by molar-refractivity contribution is 6.33. The summed E-state index contributed by atoms with van der Waals surface area (Å²) in [6.45, 7) is 6.02. The molecule has 0 aliphatic rings. The number of rotatable bonds is 4. The number of aryl methyl sites for hydroxylation is 1. The van der Waals surface area contributed by atoms with Gasteiger partial charge in [0.25, 0.3) is 5.56 Å². The van der Waals surface area contributed by atoms with E-state index >= 15 is 0 Å². The van der Waals surface area contributed by atoms with Crippen LogP contribution in [0.15, 0.2) is 41.3 Å². The van der Waals surface area contributed by atoms with E-state index in [0.717, 1.165) is 5.39 Å². The number of anilines is 1. The minimum absolute atomic E-state index is 0.0464. The van der Waals surface area contributed by atoms with Crippen molar-refractivity contribution in [3.05, 3.63) is 51.9 Å². The molecule has 0 saturated heterocycles. The Labute approximate surface area is 162 Å². The molecule has 7 heteroatoms. The van der Waals surface area contributed by atoms with Gasteiger partial charge in [-0.25, -0.2) is 4.98 Å². The third-order valence-corrected chi connectivity index (χ3v) is 4.97. The van der Waals surface area contributed by atoms with Crippen LogP contribution in [0.1, 0.15) is 20.8 Å². The van der Waals surface area contributed by atoms with Gasteiger partial charge in [0.15, 0.2) is 0 Å². The second-order valence-corrected chi connectivity index (χ2v) is 8.03. The van der Waals surface area contributed by atoms with Crippen LogP contribution in [0, 0.1) is 5.41 Å². The SMILES string of the molecule is Cn1c(=O)c(-c2ccccc2Cl)cc2cnc(NC(CO)C(C)(C)C)nc21. The van der Waals surface area contributed by atoms with Crippen molar-refractivity contribution in [3.63, 3.8) is 0 Å². The molecule has 3 rings (SSSR count). The number of halogens is 1. The number of pyridine rings is 1. The average Bonchev–Trinajstić information content (AvgIpc) is 2.62. The maximum Gasteiger partial charge on any atom is 0.259 e. The number of hydrogen-bond donors (Lipinski definition) is 2. The molecule has 1 aromatic carbocycles. The fourth-order valence-corrected chi connectivity index (χ4v) is 3.12. The van der Waals surface area contributed by atoms with Gasteiger partial charge < -0.3 is 10.4 Å². The van der Waals surface area contributed by atoms with Crippen molar-refractivity contribution in [3.8, 4) is 11.1 Å². The van der Waals surface area contributed by atoms with Gasteiger partial charge in [-0.15, -0.1) is 0 Å². The highest BCUT2D eigenvalue weighted by Crippen LogP contribution is 2.27. The normalized spacial score (nSPS) is 13.0. The third kappa shape index (κ3) is 3.82. The first-order chi connectivity index (χ1) is 12.7. The van der Waals surface area contributed by atoms with Gasteiger partial charge in [0.1, 0.15) is 5.65 Å². The summed E-state index contributed by atoms with van der Waals surface area (Å²) in [5, 5.41) is 14.0. The van der Waals surface area contributed by atoms with E-state index in [4.69, 9.17) is 11.6 Å². The average molecular weight is 387 g/mol. The van der Waals surface area contributed by atoms with E-state index < -0.39 is 0 Å². The maximum absolute atomic E-state index is 12.9. The van der Waals surface area contributed by atoms with Crippen LogP contribution in [0.4, 0.5) is 5.95 Å². The van der Waals surface area contributed by atoms with E-state index in [1.54, 1.807) is 25.4 Å². The van der Waals surface area contributed by atoms with E-state index in [1.165, 1.54) is 4.57 Å². The Bertz CT molecular complexity index is 1040. The molecule has 0 bridgehead atoms. The van der Waals surface area contributed by atoms with Crippen LogP contribution in [0.5, 0.6) is 0 Å². The lowest BCUT2D eigenvalue weighted by molar-refractivity contribution is 0.201. The minimum Gasteiger partial charge on any atom is -0.394 e. The number of fused-ring (bicyclic) bond motifs is 1. The number of hydrogen-bond acceptors (Lipinski definition) is 5. The highest BCUT2D eigenvalue weighted by atomic mass is 35.5. The molecule has 0 aliphatic heterocycles. The maximum atomic E-state index is 12.9. The summed E-state index contributed by atoms with van der Waals surface area (Å²) in [6.07, 6.45) is 1.67. The molecule has 0 spiro atoms. The van der Waals surface area contributed by atoms with Gasteiger partial charge in [-0.05, 0) is 17.5 Å². The van der Waals surface area contributed by atoms with Crippen LogP contribution < -0.4 is 10.9 Å². The van der Waals surface area contributed by atoms with Gasteiger partial charge in [-0.3, -0.25) is 9.36 Å². The molecule has 2 N–H and O–H groups in total. The van der Waals surface area contributed by atoms with Crippen molar-refractivity contribution in [2.75, 3.05) is 11.9 Å². The number of aliphatic hydroxyl groups excluding tert-OH is 1. The zero-order chi connectivity index (χ0) is 19.8. The number of benzene rings is 1. The monoisotopic (exact) mass is 386 g/mol. The number of aromatic nitrogens is 3. The Morgan fingerprint density at radius 1 is 1.26 bits per heavy atom. The molecule has 0 fully saturated rings.